The normalized spacial score (nSPS) is 20.4. The van der Waals surface area contributed by atoms with Gasteiger partial charge in [-0.15, -0.1) is 0 Å². The number of pyridine rings is 1. The van der Waals surface area contributed by atoms with Crippen LogP contribution in [0.5, 0.6) is 0 Å². The van der Waals surface area contributed by atoms with Gasteiger partial charge >= 0.3 is 0 Å². The van der Waals surface area contributed by atoms with E-state index in [1.165, 1.54) is 0 Å². The molecule has 2 aromatic heterocycles. The molecule has 0 spiro atoms. The first-order chi connectivity index (χ1) is 14.1. The number of carbonyl (C=O) groups is 2. The van der Waals surface area contributed by atoms with Crippen molar-refractivity contribution in [1.29, 1.82) is 0 Å². The summed E-state index contributed by atoms with van der Waals surface area (Å²) >= 11 is 0. The quantitative estimate of drug-likeness (QED) is 0.454. The number of hydrogen-bond acceptors (Lipinski definition) is 6. The molecule has 152 valence electrons. The molecule has 0 aromatic carbocycles. The largest absolute Gasteiger partial charge is 0.320 e. The van der Waals surface area contributed by atoms with Gasteiger partial charge in [0.05, 0.1) is 6.61 Å². The molecule has 4 heterocycles. The molecule has 0 saturated carbocycles. The number of imide groups is 1. The molecule has 4 rings (SSSR count). The van der Waals surface area contributed by atoms with Gasteiger partial charge in [-0.2, -0.15) is 5.06 Å². The molecular formula is C21H25N5O3. The summed E-state index contributed by atoms with van der Waals surface area (Å²) < 4.78 is 1.87. The van der Waals surface area contributed by atoms with E-state index in [9.17, 15) is 9.59 Å². The first kappa shape index (κ1) is 19.6. The van der Waals surface area contributed by atoms with Crippen LogP contribution in [0.4, 0.5) is 0 Å². The van der Waals surface area contributed by atoms with Crippen LogP contribution in [0.3, 0.4) is 0 Å². The molecule has 2 aliphatic rings. The summed E-state index contributed by atoms with van der Waals surface area (Å²) in [6, 6.07) is 1.47. The zero-order valence-electron chi connectivity index (χ0n) is 16.5. The number of amides is 2. The Hall–Kier alpha value is -2.73. The lowest BCUT2D eigenvalue weighted by Crippen LogP contribution is -2.43. The van der Waals surface area contributed by atoms with Crippen molar-refractivity contribution in [2.75, 3.05) is 32.8 Å². The number of nitrogens with one attached hydrogen (secondary N) is 2. The second kappa shape index (κ2) is 8.74. The summed E-state index contributed by atoms with van der Waals surface area (Å²) in [5, 5.41) is 8.64. The smallest absolute Gasteiger partial charge is 0.249 e. The highest BCUT2D eigenvalue weighted by molar-refractivity contribution is 6.00. The van der Waals surface area contributed by atoms with Gasteiger partial charge in [-0.1, -0.05) is 11.8 Å². The van der Waals surface area contributed by atoms with Crippen molar-refractivity contribution < 1.29 is 14.4 Å². The van der Waals surface area contributed by atoms with Crippen molar-refractivity contribution in [3.05, 3.63) is 29.6 Å². The van der Waals surface area contributed by atoms with Gasteiger partial charge in [0.2, 0.25) is 11.8 Å². The summed E-state index contributed by atoms with van der Waals surface area (Å²) in [4.78, 5) is 34.0. The highest BCUT2D eigenvalue weighted by atomic mass is 16.7. The maximum Gasteiger partial charge on any atom is 0.249 e. The van der Waals surface area contributed by atoms with Crippen LogP contribution in [-0.2, 0) is 14.4 Å². The fraction of sp³-hybridized carbons (Fsp3) is 0.476. The predicted molar refractivity (Wildman–Crippen MR) is 108 cm³/mol. The number of aryl methyl sites for hydroxylation is 1. The molecular weight excluding hydrogens is 370 g/mol. The predicted octanol–water partition coefficient (Wildman–Crippen LogP) is 0.901. The van der Waals surface area contributed by atoms with Crippen molar-refractivity contribution in [3.63, 3.8) is 0 Å². The molecule has 0 bridgehead atoms. The van der Waals surface area contributed by atoms with Gasteiger partial charge in [0.15, 0.2) is 0 Å². The third-order valence-corrected chi connectivity index (χ3v) is 5.25. The van der Waals surface area contributed by atoms with Gasteiger partial charge in [-0.25, -0.2) is 4.98 Å². The zero-order chi connectivity index (χ0) is 20.2. The van der Waals surface area contributed by atoms with Crippen molar-refractivity contribution in [2.24, 2.45) is 0 Å². The van der Waals surface area contributed by atoms with E-state index >= 15 is 0 Å². The molecule has 2 saturated heterocycles. The first-order valence-corrected chi connectivity index (χ1v) is 10.0. The first-order valence-electron chi connectivity index (χ1n) is 10.0. The van der Waals surface area contributed by atoms with Gasteiger partial charge in [0.25, 0.3) is 0 Å². The van der Waals surface area contributed by atoms with E-state index in [1.54, 1.807) is 6.20 Å². The molecule has 8 heteroatoms. The number of fused-ring (bicyclic) bond motifs is 1. The number of carbonyl (C=O) groups excluding carboxylic acids is 2. The minimum atomic E-state index is -0.424. The fourth-order valence-electron chi connectivity index (χ4n) is 3.82. The number of hydroxylamine groups is 2. The number of piperazine rings is 1. The minimum Gasteiger partial charge on any atom is -0.320 e. The minimum absolute atomic E-state index is 0.220. The van der Waals surface area contributed by atoms with Crippen molar-refractivity contribution in [1.82, 2.24) is 25.2 Å². The van der Waals surface area contributed by atoms with Crippen molar-refractivity contribution in [3.8, 4) is 11.8 Å². The lowest BCUT2D eigenvalue weighted by Gasteiger charge is -2.25. The maximum absolute atomic E-state index is 12.3. The molecule has 2 aliphatic heterocycles. The molecule has 29 heavy (non-hydrogen) atoms. The second-order valence-corrected chi connectivity index (χ2v) is 7.31. The Bertz CT molecular complexity index is 981. The topological polar surface area (TPSA) is 88.5 Å². The van der Waals surface area contributed by atoms with E-state index in [1.807, 2.05) is 28.8 Å². The average Bonchev–Trinajstić information content (AvgIpc) is 3.06. The van der Waals surface area contributed by atoms with Crippen LogP contribution in [0, 0.1) is 18.8 Å². The van der Waals surface area contributed by atoms with E-state index < -0.39 is 6.04 Å². The zero-order valence-corrected chi connectivity index (χ0v) is 16.5. The van der Waals surface area contributed by atoms with Gasteiger partial charge in [0, 0.05) is 62.4 Å². The Morgan fingerprint density at radius 3 is 2.93 bits per heavy atom. The van der Waals surface area contributed by atoms with E-state index in [0.29, 0.717) is 25.9 Å². The Morgan fingerprint density at radius 1 is 1.31 bits per heavy atom. The van der Waals surface area contributed by atoms with E-state index in [0.717, 1.165) is 48.3 Å². The molecule has 0 aliphatic carbocycles. The van der Waals surface area contributed by atoms with Crippen LogP contribution in [0.15, 0.2) is 18.5 Å². The summed E-state index contributed by atoms with van der Waals surface area (Å²) in [7, 11) is 0. The van der Waals surface area contributed by atoms with Crippen LogP contribution in [0.1, 0.15) is 36.4 Å². The number of nitrogens with zero attached hydrogens (tertiary/aromatic N) is 3. The molecule has 2 aromatic rings. The van der Waals surface area contributed by atoms with Gasteiger partial charge < -0.3 is 9.88 Å². The molecule has 1 atom stereocenters. The fourth-order valence-corrected chi connectivity index (χ4v) is 3.82. The van der Waals surface area contributed by atoms with Crippen LogP contribution in [0.25, 0.3) is 11.0 Å². The lowest BCUT2D eigenvalue weighted by molar-refractivity contribution is -0.162. The number of rotatable bonds is 4. The second-order valence-electron chi connectivity index (χ2n) is 7.31. The summed E-state index contributed by atoms with van der Waals surface area (Å²) in [6.45, 7) is 6.24. The summed E-state index contributed by atoms with van der Waals surface area (Å²) in [5.74, 6) is 5.92. The third kappa shape index (κ3) is 4.32. The number of piperidine rings is 1. The van der Waals surface area contributed by atoms with E-state index in [2.05, 4.69) is 27.5 Å². The van der Waals surface area contributed by atoms with Crippen LogP contribution < -0.4 is 10.6 Å². The van der Waals surface area contributed by atoms with Crippen molar-refractivity contribution in [2.45, 2.75) is 32.2 Å². The Labute approximate surface area is 169 Å². The molecule has 1 unspecified atom stereocenters. The molecule has 2 N–H and O–H groups in total. The monoisotopic (exact) mass is 395 g/mol. The lowest BCUT2D eigenvalue weighted by atomic mass is 10.1. The number of aromatic nitrogens is 2. The highest BCUT2D eigenvalue weighted by Crippen LogP contribution is 2.28. The Morgan fingerprint density at radius 2 is 2.14 bits per heavy atom. The maximum atomic E-state index is 12.3. The Balaban J connectivity index is 1.49. The summed E-state index contributed by atoms with van der Waals surface area (Å²) in [5.41, 5.74) is 2.63. The highest BCUT2D eigenvalue weighted by Gasteiger charge is 2.29. The average molecular weight is 395 g/mol. The standard InChI is InChI=1S/C21H25N5O3/c1-15-14-26(17-5-6-18(27)24-21(17)28)20-19(15)16(7-8-23-20)4-2-3-13-29-25-11-9-22-10-12-25/h7-8,14,17,22H,3,5-6,9-13H2,1H3,(H,24,27,28). The van der Waals surface area contributed by atoms with Gasteiger partial charge in [-0.05, 0) is 25.0 Å². The van der Waals surface area contributed by atoms with Crippen LogP contribution >= 0.6 is 0 Å². The van der Waals surface area contributed by atoms with E-state index in [-0.39, 0.29) is 11.8 Å². The molecule has 0 radical (unpaired) electrons. The van der Waals surface area contributed by atoms with Crippen LogP contribution in [-0.4, -0.2) is 59.2 Å². The third-order valence-electron chi connectivity index (χ3n) is 5.25. The van der Waals surface area contributed by atoms with Gasteiger partial charge in [0.1, 0.15) is 11.7 Å². The van der Waals surface area contributed by atoms with Crippen molar-refractivity contribution >= 4 is 22.8 Å². The SMILES string of the molecule is Cc1cn(C2CCC(=O)NC2=O)c2nccc(C#CCCON3CCNCC3)c12. The number of hydrogen-bond donors (Lipinski definition) is 2. The molecule has 2 amide bonds. The summed E-state index contributed by atoms with van der Waals surface area (Å²) in [6.07, 6.45) is 5.10. The van der Waals surface area contributed by atoms with E-state index in [4.69, 9.17) is 4.84 Å². The molecule has 2 fully saturated rings. The van der Waals surface area contributed by atoms with Crippen LogP contribution in [0.2, 0.25) is 0 Å². The van der Waals surface area contributed by atoms with Gasteiger partial charge in [-0.3, -0.25) is 19.7 Å². The Kier molecular flexibility index (Phi) is 5.90. The molecule has 8 nitrogen and oxygen atoms in total.